The van der Waals surface area contributed by atoms with E-state index in [2.05, 4.69) is 36.1 Å². The van der Waals surface area contributed by atoms with Crippen molar-refractivity contribution < 1.29 is 0 Å². The first-order valence-corrected chi connectivity index (χ1v) is 5.70. The monoisotopic (exact) mass is 223 g/mol. The molecule has 1 aromatic rings. The van der Waals surface area contributed by atoms with Gasteiger partial charge in [0.2, 0.25) is 0 Å². The first kappa shape index (κ1) is 12.9. The summed E-state index contributed by atoms with van der Waals surface area (Å²) in [5.41, 5.74) is 0.874. The maximum Gasteiger partial charge on any atom is 0.251 e. The van der Waals surface area contributed by atoms with Crippen LogP contribution in [-0.2, 0) is 13.0 Å². The van der Waals surface area contributed by atoms with Crippen LogP contribution in [0.2, 0.25) is 0 Å². The van der Waals surface area contributed by atoms with E-state index in [1.54, 1.807) is 6.07 Å². The Morgan fingerprint density at radius 2 is 2.12 bits per heavy atom. The minimum atomic E-state index is -0.0675. The van der Waals surface area contributed by atoms with E-state index in [1.807, 2.05) is 6.92 Å². The van der Waals surface area contributed by atoms with Crippen molar-refractivity contribution in [1.82, 2.24) is 15.3 Å². The van der Waals surface area contributed by atoms with Crippen molar-refractivity contribution in [2.75, 3.05) is 6.54 Å². The van der Waals surface area contributed by atoms with Gasteiger partial charge in [0.1, 0.15) is 5.82 Å². The van der Waals surface area contributed by atoms with Crippen molar-refractivity contribution in [2.24, 2.45) is 5.41 Å². The fraction of sp³-hybridized carbons (Fsp3) is 0.667. The molecule has 1 rings (SSSR count). The van der Waals surface area contributed by atoms with E-state index in [0.29, 0.717) is 6.54 Å². The van der Waals surface area contributed by atoms with E-state index in [1.165, 1.54) is 0 Å². The van der Waals surface area contributed by atoms with Crippen molar-refractivity contribution in [3.63, 3.8) is 0 Å². The molecule has 0 aliphatic heterocycles. The Kier molecular flexibility index (Phi) is 4.24. The minimum Gasteiger partial charge on any atom is -0.311 e. The van der Waals surface area contributed by atoms with E-state index in [9.17, 15) is 4.79 Å². The third-order valence-electron chi connectivity index (χ3n) is 2.10. The van der Waals surface area contributed by atoms with E-state index in [0.717, 1.165) is 24.5 Å². The lowest BCUT2D eigenvalue weighted by Gasteiger charge is -2.17. The molecule has 1 aromatic heterocycles. The first-order chi connectivity index (χ1) is 7.40. The normalized spacial score (nSPS) is 11.8. The Labute approximate surface area is 96.5 Å². The molecule has 4 nitrogen and oxygen atoms in total. The molecule has 0 aliphatic rings. The molecule has 0 radical (unpaired) electrons. The number of aromatic nitrogens is 2. The summed E-state index contributed by atoms with van der Waals surface area (Å²) in [6.07, 6.45) is 0.780. The standard InChI is InChI=1S/C12H21N3O/c1-5-13-8-9-6-11(16)15-10(14-9)7-12(2,3)4/h6,13H,5,7-8H2,1-4H3,(H,14,15,16). The molecule has 0 atom stereocenters. The Balaban J connectivity index is 2.86. The molecular weight excluding hydrogens is 202 g/mol. The van der Waals surface area contributed by atoms with E-state index in [4.69, 9.17) is 0 Å². The van der Waals surface area contributed by atoms with Crippen LogP contribution in [0.25, 0.3) is 0 Å². The molecule has 0 saturated carbocycles. The zero-order chi connectivity index (χ0) is 12.2. The van der Waals surface area contributed by atoms with Crippen molar-refractivity contribution in [3.05, 3.63) is 27.9 Å². The second kappa shape index (κ2) is 5.25. The summed E-state index contributed by atoms with van der Waals surface area (Å²) in [5, 5.41) is 3.17. The van der Waals surface area contributed by atoms with Crippen LogP contribution < -0.4 is 10.9 Å². The molecule has 0 amide bonds. The highest BCUT2D eigenvalue weighted by Gasteiger charge is 2.13. The van der Waals surface area contributed by atoms with Crippen LogP contribution in [0.3, 0.4) is 0 Å². The summed E-state index contributed by atoms with van der Waals surface area (Å²) in [4.78, 5) is 18.7. The van der Waals surface area contributed by atoms with Crippen LogP contribution in [0.4, 0.5) is 0 Å². The number of aromatic amines is 1. The topological polar surface area (TPSA) is 57.8 Å². The van der Waals surface area contributed by atoms with Crippen molar-refractivity contribution >= 4 is 0 Å². The average molecular weight is 223 g/mol. The highest BCUT2D eigenvalue weighted by atomic mass is 16.1. The first-order valence-electron chi connectivity index (χ1n) is 5.70. The largest absolute Gasteiger partial charge is 0.311 e. The molecule has 16 heavy (non-hydrogen) atoms. The van der Waals surface area contributed by atoms with E-state index >= 15 is 0 Å². The van der Waals surface area contributed by atoms with Gasteiger partial charge in [-0.15, -0.1) is 0 Å². The Bertz CT molecular complexity index is 390. The maximum absolute atomic E-state index is 11.4. The van der Waals surface area contributed by atoms with Gasteiger partial charge in [-0.25, -0.2) is 4.98 Å². The predicted molar refractivity (Wildman–Crippen MR) is 65.4 cm³/mol. The molecule has 4 heteroatoms. The smallest absolute Gasteiger partial charge is 0.251 e. The quantitative estimate of drug-likeness (QED) is 0.812. The average Bonchev–Trinajstić information content (AvgIpc) is 2.10. The van der Waals surface area contributed by atoms with Gasteiger partial charge in [-0.1, -0.05) is 27.7 Å². The number of H-pyrrole nitrogens is 1. The molecule has 1 heterocycles. The van der Waals surface area contributed by atoms with Gasteiger partial charge >= 0.3 is 0 Å². The zero-order valence-electron chi connectivity index (χ0n) is 10.6. The molecule has 90 valence electrons. The van der Waals surface area contributed by atoms with Gasteiger partial charge < -0.3 is 10.3 Å². The second-order valence-corrected chi connectivity index (χ2v) is 5.20. The third-order valence-corrected chi connectivity index (χ3v) is 2.10. The highest BCUT2D eigenvalue weighted by molar-refractivity contribution is 5.03. The maximum atomic E-state index is 11.4. The van der Waals surface area contributed by atoms with Gasteiger partial charge in [-0.05, 0) is 12.0 Å². The van der Waals surface area contributed by atoms with Gasteiger partial charge in [-0.3, -0.25) is 4.79 Å². The second-order valence-electron chi connectivity index (χ2n) is 5.20. The van der Waals surface area contributed by atoms with E-state index < -0.39 is 0 Å². The number of nitrogens with zero attached hydrogens (tertiary/aromatic N) is 1. The number of hydrogen-bond donors (Lipinski definition) is 2. The van der Waals surface area contributed by atoms with Crippen LogP contribution in [0.15, 0.2) is 10.9 Å². The van der Waals surface area contributed by atoms with Crippen LogP contribution in [0.5, 0.6) is 0 Å². The number of hydrogen-bond acceptors (Lipinski definition) is 3. The summed E-state index contributed by atoms with van der Waals surface area (Å²) < 4.78 is 0. The molecule has 0 aromatic carbocycles. The van der Waals surface area contributed by atoms with Crippen molar-refractivity contribution in [2.45, 2.75) is 40.7 Å². The SMILES string of the molecule is CCNCc1cc(=O)[nH]c(CC(C)(C)C)n1. The fourth-order valence-corrected chi connectivity index (χ4v) is 1.49. The summed E-state index contributed by atoms with van der Waals surface area (Å²) in [6.45, 7) is 9.95. The molecule has 0 fully saturated rings. The summed E-state index contributed by atoms with van der Waals surface area (Å²) in [6, 6.07) is 1.55. The Morgan fingerprint density at radius 3 is 2.69 bits per heavy atom. The summed E-state index contributed by atoms with van der Waals surface area (Å²) in [5.74, 6) is 0.771. The van der Waals surface area contributed by atoms with E-state index in [-0.39, 0.29) is 11.0 Å². The molecule has 0 unspecified atom stereocenters. The van der Waals surface area contributed by atoms with Gasteiger partial charge in [0.15, 0.2) is 0 Å². The third kappa shape index (κ3) is 4.57. The molecule has 0 aliphatic carbocycles. The van der Waals surface area contributed by atoms with Crippen molar-refractivity contribution in [3.8, 4) is 0 Å². The van der Waals surface area contributed by atoms with Gasteiger partial charge in [-0.2, -0.15) is 0 Å². The summed E-state index contributed by atoms with van der Waals surface area (Å²) in [7, 11) is 0. The molecular formula is C12H21N3O. The van der Waals surface area contributed by atoms with Crippen LogP contribution in [0.1, 0.15) is 39.2 Å². The zero-order valence-corrected chi connectivity index (χ0v) is 10.6. The molecule has 0 bridgehead atoms. The molecule has 2 N–H and O–H groups in total. The lowest BCUT2D eigenvalue weighted by molar-refractivity contribution is 0.399. The number of rotatable bonds is 4. The van der Waals surface area contributed by atoms with Crippen molar-refractivity contribution in [1.29, 1.82) is 0 Å². The van der Waals surface area contributed by atoms with Crippen LogP contribution in [0, 0.1) is 5.41 Å². The van der Waals surface area contributed by atoms with Gasteiger partial charge in [0, 0.05) is 19.0 Å². The van der Waals surface area contributed by atoms with Crippen LogP contribution >= 0.6 is 0 Å². The van der Waals surface area contributed by atoms with Gasteiger partial charge in [0.25, 0.3) is 5.56 Å². The Hall–Kier alpha value is -1.16. The minimum absolute atomic E-state index is 0.0675. The predicted octanol–water partition coefficient (Wildman–Crippen LogP) is 1.47. The lowest BCUT2D eigenvalue weighted by Crippen LogP contribution is -2.21. The molecule has 0 saturated heterocycles. The lowest BCUT2D eigenvalue weighted by atomic mass is 9.92. The van der Waals surface area contributed by atoms with Gasteiger partial charge in [0.05, 0.1) is 5.69 Å². The molecule has 0 spiro atoms. The summed E-state index contributed by atoms with van der Waals surface area (Å²) >= 11 is 0. The number of nitrogens with one attached hydrogen (secondary N) is 2. The fourth-order valence-electron chi connectivity index (χ4n) is 1.49. The highest BCUT2D eigenvalue weighted by Crippen LogP contribution is 2.17. The van der Waals surface area contributed by atoms with Crippen LogP contribution in [-0.4, -0.2) is 16.5 Å². The Morgan fingerprint density at radius 1 is 1.44 bits per heavy atom.